The van der Waals surface area contributed by atoms with Gasteiger partial charge in [-0.2, -0.15) is 0 Å². The first-order valence-corrected chi connectivity index (χ1v) is 21.5. The van der Waals surface area contributed by atoms with Crippen LogP contribution in [0.2, 0.25) is 0 Å². The van der Waals surface area contributed by atoms with Crippen molar-refractivity contribution >= 4 is 53.9 Å². The van der Waals surface area contributed by atoms with Crippen LogP contribution in [0, 0.1) is 0 Å². The van der Waals surface area contributed by atoms with E-state index in [-0.39, 0.29) is 0 Å². The van der Waals surface area contributed by atoms with Crippen LogP contribution < -0.4 is 0 Å². The number of fused-ring (bicyclic) bond motifs is 11. The third-order valence-electron chi connectivity index (χ3n) is 12.9. The Labute approximate surface area is 361 Å². The van der Waals surface area contributed by atoms with Crippen molar-refractivity contribution in [1.82, 2.24) is 0 Å². The molecule has 0 fully saturated rings. The zero-order valence-electron chi connectivity index (χ0n) is 34.1. The Balaban J connectivity index is 1.08. The Morgan fingerprint density at radius 1 is 0.145 bits per heavy atom. The number of hydrogen-bond donors (Lipinski definition) is 0. The monoisotopic (exact) mass is 784 g/mol. The van der Waals surface area contributed by atoms with Gasteiger partial charge in [0, 0.05) is 0 Å². The molecule has 0 aromatic heterocycles. The summed E-state index contributed by atoms with van der Waals surface area (Å²) in [7, 11) is 0. The van der Waals surface area contributed by atoms with Crippen LogP contribution in [0.25, 0.3) is 121 Å². The molecule has 0 heterocycles. The first-order valence-electron chi connectivity index (χ1n) is 21.5. The molecule has 0 nitrogen and oxygen atoms in total. The molecule has 0 saturated carbocycles. The number of benzene rings is 12. The van der Waals surface area contributed by atoms with Crippen LogP contribution in [0.5, 0.6) is 0 Å². The summed E-state index contributed by atoms with van der Waals surface area (Å²) in [5.74, 6) is 0. The van der Waals surface area contributed by atoms with Crippen LogP contribution in [-0.4, -0.2) is 0 Å². The third-order valence-corrected chi connectivity index (χ3v) is 12.9. The maximum Gasteiger partial charge on any atom is -0.00139 e. The molecule has 0 atom stereocenters. The summed E-state index contributed by atoms with van der Waals surface area (Å²) < 4.78 is 0. The quantitative estimate of drug-likeness (QED) is 0.147. The van der Waals surface area contributed by atoms with Crippen LogP contribution in [0.1, 0.15) is 0 Å². The second kappa shape index (κ2) is 14.9. The highest BCUT2D eigenvalue weighted by Crippen LogP contribution is 2.47. The first-order chi connectivity index (χ1) is 30.8. The molecule has 12 rings (SSSR count). The molecule has 0 amide bonds. The second-order valence-corrected chi connectivity index (χ2v) is 16.3. The van der Waals surface area contributed by atoms with Gasteiger partial charge in [0.15, 0.2) is 0 Å². The van der Waals surface area contributed by atoms with Crippen LogP contribution in [0.15, 0.2) is 243 Å². The van der Waals surface area contributed by atoms with Crippen molar-refractivity contribution in [1.29, 1.82) is 0 Å². The van der Waals surface area contributed by atoms with Gasteiger partial charge in [0.2, 0.25) is 0 Å². The van der Waals surface area contributed by atoms with Crippen LogP contribution in [0.4, 0.5) is 0 Å². The van der Waals surface area contributed by atoms with Gasteiger partial charge in [0.05, 0.1) is 0 Å². The Kier molecular flexibility index (Phi) is 8.61. The zero-order chi connectivity index (χ0) is 41.0. The average molecular weight is 785 g/mol. The lowest BCUT2D eigenvalue weighted by Gasteiger charge is -2.19. The fourth-order valence-corrected chi connectivity index (χ4v) is 10.1. The van der Waals surface area contributed by atoms with Gasteiger partial charge in [-0.15, -0.1) is 0 Å². The average Bonchev–Trinajstić information content (AvgIpc) is 3.36. The van der Waals surface area contributed by atoms with E-state index < -0.39 is 0 Å². The highest BCUT2D eigenvalue weighted by atomic mass is 14.2. The standard InChI is InChI=1S/C62H40/c1-3-19-41(20-4-1)45-23-7-11-27-49(45)51-29-13-9-25-47(51)43-35-37-57-59(39-43)53-31-15-17-33-55(53)62-58-38-36-44(40-60(58)54-32-16-18-34-56(54)61(57)62)48-26-10-14-30-52(48)50-28-12-8-24-46(50)42-21-5-2-6-22-42/h1-40H. The molecule has 0 radical (unpaired) electrons. The van der Waals surface area contributed by atoms with Crippen LogP contribution >= 0.6 is 0 Å². The summed E-state index contributed by atoms with van der Waals surface area (Å²) in [4.78, 5) is 0. The van der Waals surface area contributed by atoms with Crippen molar-refractivity contribution in [2.24, 2.45) is 0 Å². The van der Waals surface area contributed by atoms with Crippen molar-refractivity contribution in [2.75, 3.05) is 0 Å². The molecule has 0 saturated heterocycles. The van der Waals surface area contributed by atoms with Crippen molar-refractivity contribution in [3.05, 3.63) is 243 Å². The van der Waals surface area contributed by atoms with Crippen molar-refractivity contribution in [2.45, 2.75) is 0 Å². The predicted octanol–water partition coefficient (Wildman–Crippen LogP) is 17.5. The molecule has 12 aromatic carbocycles. The molecular formula is C62H40. The number of hydrogen-bond acceptors (Lipinski definition) is 0. The minimum atomic E-state index is 1.21. The summed E-state index contributed by atoms with van der Waals surface area (Å²) in [6, 6.07) is 89.2. The van der Waals surface area contributed by atoms with E-state index in [0.29, 0.717) is 0 Å². The van der Waals surface area contributed by atoms with E-state index in [1.807, 2.05) is 0 Å². The lowest BCUT2D eigenvalue weighted by atomic mass is 9.84. The summed E-state index contributed by atoms with van der Waals surface area (Å²) in [6.45, 7) is 0. The Morgan fingerprint density at radius 2 is 0.403 bits per heavy atom. The van der Waals surface area contributed by atoms with Crippen molar-refractivity contribution in [3.63, 3.8) is 0 Å². The van der Waals surface area contributed by atoms with Gasteiger partial charge < -0.3 is 0 Å². The zero-order valence-corrected chi connectivity index (χ0v) is 34.1. The van der Waals surface area contributed by atoms with Gasteiger partial charge in [-0.1, -0.05) is 231 Å². The Bertz CT molecular complexity index is 3430. The fraction of sp³-hybridized carbons (Fsp3) is 0. The van der Waals surface area contributed by atoms with E-state index in [1.165, 1.54) is 121 Å². The third kappa shape index (κ3) is 5.84. The largest absolute Gasteiger partial charge is 0.0622 e. The second-order valence-electron chi connectivity index (χ2n) is 16.3. The number of rotatable bonds is 6. The summed E-state index contributed by atoms with van der Waals surface area (Å²) >= 11 is 0. The molecule has 0 bridgehead atoms. The fourth-order valence-electron chi connectivity index (χ4n) is 10.1. The summed E-state index contributed by atoms with van der Waals surface area (Å²) in [6.07, 6.45) is 0. The van der Waals surface area contributed by atoms with Crippen molar-refractivity contribution < 1.29 is 0 Å². The molecule has 62 heavy (non-hydrogen) atoms. The van der Waals surface area contributed by atoms with Gasteiger partial charge in [0.1, 0.15) is 0 Å². The highest BCUT2D eigenvalue weighted by molar-refractivity contribution is 6.39. The lowest BCUT2D eigenvalue weighted by molar-refractivity contribution is 1.57. The maximum absolute atomic E-state index is 2.44. The van der Waals surface area contributed by atoms with E-state index in [1.54, 1.807) is 0 Å². The van der Waals surface area contributed by atoms with Gasteiger partial charge in [-0.25, -0.2) is 0 Å². The lowest BCUT2D eigenvalue weighted by Crippen LogP contribution is -1.92. The maximum atomic E-state index is 2.44. The highest BCUT2D eigenvalue weighted by Gasteiger charge is 2.19. The van der Waals surface area contributed by atoms with Crippen LogP contribution in [0.3, 0.4) is 0 Å². The first kappa shape index (κ1) is 35.8. The normalized spacial score (nSPS) is 11.5. The van der Waals surface area contributed by atoms with E-state index in [2.05, 4.69) is 243 Å². The van der Waals surface area contributed by atoms with E-state index in [0.717, 1.165) is 0 Å². The van der Waals surface area contributed by atoms with E-state index >= 15 is 0 Å². The Hall–Kier alpha value is -8.06. The van der Waals surface area contributed by atoms with Gasteiger partial charge in [-0.3, -0.25) is 0 Å². The smallest absolute Gasteiger partial charge is 0.00139 e. The topological polar surface area (TPSA) is 0 Å². The summed E-state index contributed by atoms with van der Waals surface area (Å²) in [5, 5.41) is 12.8. The molecule has 0 N–H and O–H groups in total. The molecule has 288 valence electrons. The van der Waals surface area contributed by atoms with Crippen molar-refractivity contribution in [3.8, 4) is 66.8 Å². The SMILES string of the molecule is c1ccc(-c2ccccc2-c2ccccc2-c2ccc3c(c2)c2ccccc2c2c4ccc(-c5ccccc5-c5ccccc5-c5ccccc5)cc4c4ccccc4c32)cc1. The van der Waals surface area contributed by atoms with Gasteiger partial charge in [-0.05, 0) is 133 Å². The molecule has 0 aliphatic carbocycles. The summed E-state index contributed by atoms with van der Waals surface area (Å²) in [5.41, 5.74) is 14.7. The predicted molar refractivity (Wildman–Crippen MR) is 267 cm³/mol. The van der Waals surface area contributed by atoms with E-state index in [9.17, 15) is 0 Å². The van der Waals surface area contributed by atoms with Gasteiger partial charge in [0.25, 0.3) is 0 Å². The van der Waals surface area contributed by atoms with Gasteiger partial charge >= 0.3 is 0 Å². The van der Waals surface area contributed by atoms with E-state index in [4.69, 9.17) is 0 Å². The molecule has 0 heteroatoms. The molecule has 12 aromatic rings. The minimum Gasteiger partial charge on any atom is -0.0622 e. The molecule has 0 aliphatic rings. The molecular weight excluding hydrogens is 745 g/mol. The molecule has 0 aliphatic heterocycles. The van der Waals surface area contributed by atoms with Crippen LogP contribution in [-0.2, 0) is 0 Å². The minimum absolute atomic E-state index is 1.21. The Morgan fingerprint density at radius 3 is 0.758 bits per heavy atom. The molecule has 0 spiro atoms. The molecule has 0 unspecified atom stereocenters.